The Bertz CT molecular complexity index is 645. The lowest BCUT2D eigenvalue weighted by Crippen LogP contribution is -2.19. The van der Waals surface area contributed by atoms with Crippen molar-refractivity contribution in [1.82, 2.24) is 0 Å². The summed E-state index contributed by atoms with van der Waals surface area (Å²) in [7, 11) is 0. The molecule has 1 amide bonds. The second-order valence-corrected chi connectivity index (χ2v) is 5.60. The van der Waals surface area contributed by atoms with Crippen LogP contribution in [0.5, 0.6) is 5.75 Å². The molecule has 1 aromatic heterocycles. The van der Waals surface area contributed by atoms with E-state index >= 15 is 0 Å². The van der Waals surface area contributed by atoms with Gasteiger partial charge in [-0.15, -0.1) is 24.5 Å². The quantitative estimate of drug-likeness (QED) is 0.904. The van der Waals surface area contributed by atoms with Crippen LogP contribution in [0, 0.1) is 13.8 Å². The highest BCUT2D eigenvalue weighted by molar-refractivity contribution is 7.14. The summed E-state index contributed by atoms with van der Waals surface area (Å²) >= 11 is 1.29. The minimum atomic E-state index is -4.81. The number of anilines is 1. The van der Waals surface area contributed by atoms with Crippen LogP contribution >= 0.6 is 11.3 Å². The Labute approximate surface area is 123 Å². The van der Waals surface area contributed by atoms with E-state index in [2.05, 4.69) is 10.1 Å². The predicted octanol–water partition coefficient (Wildman–Crippen LogP) is 4.52. The molecule has 1 heterocycles. The number of thiophene rings is 1. The first-order valence-electron chi connectivity index (χ1n) is 5.99. The number of hydrogen-bond acceptors (Lipinski definition) is 3. The van der Waals surface area contributed by atoms with Crippen LogP contribution in [0.1, 0.15) is 20.1 Å². The van der Waals surface area contributed by atoms with Crippen LogP contribution < -0.4 is 10.1 Å². The van der Waals surface area contributed by atoms with Gasteiger partial charge in [0, 0.05) is 4.88 Å². The smallest absolute Gasteiger partial charge is 0.404 e. The van der Waals surface area contributed by atoms with Gasteiger partial charge in [-0.2, -0.15) is 0 Å². The second kappa shape index (κ2) is 5.77. The van der Waals surface area contributed by atoms with Gasteiger partial charge in [-0.25, -0.2) is 0 Å². The lowest BCUT2D eigenvalue weighted by Gasteiger charge is -2.13. The Morgan fingerprint density at radius 3 is 2.48 bits per heavy atom. The molecule has 0 unspecified atom stereocenters. The van der Waals surface area contributed by atoms with Crippen molar-refractivity contribution in [2.75, 3.05) is 5.32 Å². The van der Waals surface area contributed by atoms with E-state index < -0.39 is 18.0 Å². The van der Waals surface area contributed by atoms with Crippen molar-refractivity contribution in [3.63, 3.8) is 0 Å². The lowest BCUT2D eigenvalue weighted by atomic mass is 10.2. The van der Waals surface area contributed by atoms with E-state index in [-0.39, 0.29) is 5.69 Å². The molecule has 0 fully saturated rings. The van der Waals surface area contributed by atoms with Gasteiger partial charge in [0.2, 0.25) is 0 Å². The molecular weight excluding hydrogens is 303 g/mol. The number of aryl methyl sites for hydroxylation is 2. The number of para-hydroxylation sites is 2. The molecule has 0 aliphatic rings. The maximum absolute atomic E-state index is 12.3. The molecule has 7 heteroatoms. The standard InChI is InChI=1S/C14H12F3NO2S/c1-8-7-12(21-9(8)2)13(19)18-10-5-3-4-6-11(10)20-14(15,16)17/h3-7H,1-2H3,(H,18,19). The average Bonchev–Trinajstić information content (AvgIpc) is 2.70. The van der Waals surface area contributed by atoms with Crippen molar-refractivity contribution in [3.05, 3.63) is 45.6 Å². The van der Waals surface area contributed by atoms with Gasteiger partial charge >= 0.3 is 6.36 Å². The minimum Gasteiger partial charge on any atom is -0.404 e. The number of alkyl halides is 3. The van der Waals surface area contributed by atoms with E-state index in [0.29, 0.717) is 4.88 Å². The fraction of sp³-hybridized carbons (Fsp3) is 0.214. The molecule has 0 spiro atoms. The van der Waals surface area contributed by atoms with E-state index in [0.717, 1.165) is 16.5 Å². The molecule has 1 aromatic carbocycles. The van der Waals surface area contributed by atoms with Crippen LogP contribution in [-0.4, -0.2) is 12.3 Å². The van der Waals surface area contributed by atoms with Gasteiger partial charge in [-0.3, -0.25) is 4.79 Å². The molecule has 3 nitrogen and oxygen atoms in total. The van der Waals surface area contributed by atoms with Crippen molar-refractivity contribution >= 4 is 22.9 Å². The Morgan fingerprint density at radius 1 is 1.24 bits per heavy atom. The maximum Gasteiger partial charge on any atom is 0.573 e. The van der Waals surface area contributed by atoms with Gasteiger partial charge in [0.25, 0.3) is 5.91 Å². The molecule has 0 aliphatic heterocycles. The number of halogens is 3. The first-order valence-corrected chi connectivity index (χ1v) is 6.81. The third-order valence-corrected chi connectivity index (χ3v) is 3.90. The molecule has 21 heavy (non-hydrogen) atoms. The molecular formula is C14H12F3NO2S. The molecule has 0 atom stereocenters. The van der Waals surface area contributed by atoms with Crippen molar-refractivity contribution in [1.29, 1.82) is 0 Å². The van der Waals surface area contributed by atoms with Crippen LogP contribution in [-0.2, 0) is 0 Å². The van der Waals surface area contributed by atoms with Crippen molar-refractivity contribution in [2.45, 2.75) is 20.2 Å². The van der Waals surface area contributed by atoms with Gasteiger partial charge in [0.1, 0.15) is 0 Å². The summed E-state index contributed by atoms with van der Waals surface area (Å²) in [4.78, 5) is 13.5. The van der Waals surface area contributed by atoms with Gasteiger partial charge in [-0.1, -0.05) is 12.1 Å². The number of ether oxygens (including phenoxy) is 1. The number of benzene rings is 1. The van der Waals surface area contributed by atoms with Crippen LogP contribution in [0.3, 0.4) is 0 Å². The molecule has 2 rings (SSSR count). The molecule has 2 aromatic rings. The zero-order valence-corrected chi connectivity index (χ0v) is 12.1. The van der Waals surface area contributed by atoms with Crippen LogP contribution in [0.25, 0.3) is 0 Å². The Balaban J connectivity index is 2.21. The minimum absolute atomic E-state index is 0.0245. The van der Waals surface area contributed by atoms with Crippen LogP contribution in [0.15, 0.2) is 30.3 Å². The highest BCUT2D eigenvalue weighted by atomic mass is 32.1. The summed E-state index contributed by atoms with van der Waals surface area (Å²) < 4.78 is 40.8. The highest BCUT2D eigenvalue weighted by Crippen LogP contribution is 2.31. The van der Waals surface area contributed by atoms with E-state index in [1.165, 1.54) is 29.5 Å². The molecule has 0 saturated carbocycles. The Morgan fingerprint density at radius 2 is 1.90 bits per heavy atom. The molecule has 0 radical (unpaired) electrons. The number of hydrogen-bond donors (Lipinski definition) is 1. The van der Waals surface area contributed by atoms with Crippen molar-refractivity contribution in [2.24, 2.45) is 0 Å². The average molecular weight is 315 g/mol. The molecule has 1 N–H and O–H groups in total. The molecule has 0 bridgehead atoms. The van der Waals surface area contributed by atoms with Crippen molar-refractivity contribution in [3.8, 4) is 5.75 Å². The largest absolute Gasteiger partial charge is 0.573 e. The topological polar surface area (TPSA) is 38.3 Å². The summed E-state index contributed by atoms with van der Waals surface area (Å²) in [6.07, 6.45) is -4.81. The zero-order valence-electron chi connectivity index (χ0n) is 11.2. The van der Waals surface area contributed by atoms with E-state index in [9.17, 15) is 18.0 Å². The third-order valence-electron chi connectivity index (χ3n) is 2.75. The van der Waals surface area contributed by atoms with Crippen LogP contribution in [0.4, 0.5) is 18.9 Å². The van der Waals surface area contributed by atoms with E-state index in [1.807, 2.05) is 13.8 Å². The normalized spacial score (nSPS) is 11.3. The van der Waals surface area contributed by atoms with Crippen molar-refractivity contribution < 1.29 is 22.7 Å². The number of nitrogens with one attached hydrogen (secondary N) is 1. The van der Waals surface area contributed by atoms with E-state index in [1.54, 1.807) is 6.07 Å². The second-order valence-electron chi connectivity index (χ2n) is 4.35. The number of carbonyl (C=O) groups excluding carboxylic acids is 1. The summed E-state index contributed by atoms with van der Waals surface area (Å²) in [5, 5.41) is 2.44. The highest BCUT2D eigenvalue weighted by Gasteiger charge is 2.32. The Hall–Kier alpha value is -2.02. The summed E-state index contributed by atoms with van der Waals surface area (Å²) in [5.74, 6) is -0.905. The van der Waals surface area contributed by atoms with Crippen LogP contribution in [0.2, 0.25) is 0 Å². The summed E-state index contributed by atoms with van der Waals surface area (Å²) in [5.41, 5.74) is 0.938. The fourth-order valence-corrected chi connectivity index (χ4v) is 2.58. The SMILES string of the molecule is Cc1cc(C(=O)Nc2ccccc2OC(F)(F)F)sc1C. The van der Waals surface area contributed by atoms with Gasteiger partial charge in [0.05, 0.1) is 10.6 Å². The maximum atomic E-state index is 12.3. The fourth-order valence-electron chi connectivity index (χ4n) is 1.65. The van der Waals surface area contributed by atoms with Gasteiger partial charge in [-0.05, 0) is 37.6 Å². The van der Waals surface area contributed by atoms with E-state index in [4.69, 9.17) is 0 Å². The zero-order chi connectivity index (χ0) is 15.6. The third kappa shape index (κ3) is 3.98. The summed E-state index contributed by atoms with van der Waals surface area (Å²) in [6, 6.07) is 7.11. The number of carbonyl (C=O) groups is 1. The molecule has 112 valence electrons. The Kier molecular flexibility index (Phi) is 4.22. The van der Waals surface area contributed by atoms with Gasteiger partial charge in [0.15, 0.2) is 5.75 Å². The summed E-state index contributed by atoms with van der Waals surface area (Å²) in [6.45, 7) is 3.74. The number of rotatable bonds is 3. The predicted molar refractivity (Wildman–Crippen MR) is 74.9 cm³/mol. The van der Waals surface area contributed by atoms with Gasteiger partial charge < -0.3 is 10.1 Å². The monoisotopic (exact) mass is 315 g/mol. The first-order chi connectivity index (χ1) is 9.76. The number of amides is 1. The first kappa shape index (κ1) is 15.4. The molecule has 0 aliphatic carbocycles. The lowest BCUT2D eigenvalue weighted by molar-refractivity contribution is -0.274. The molecule has 0 saturated heterocycles.